The monoisotopic (exact) mass is 253 g/mol. The van der Waals surface area contributed by atoms with Gasteiger partial charge in [-0.3, -0.25) is 4.90 Å². The molecule has 0 aromatic heterocycles. The Morgan fingerprint density at radius 2 is 1.37 bits per heavy atom. The molecule has 0 amide bonds. The smallest absolute Gasteiger partial charge is 0.0825 e. The quantitative estimate of drug-likeness (QED) is 0.830. The summed E-state index contributed by atoms with van der Waals surface area (Å²) in [4.78, 5) is 2.47. The maximum absolute atomic E-state index is 5.40. The molecule has 2 aromatic carbocycles. The summed E-state index contributed by atoms with van der Waals surface area (Å²) in [6, 6.07) is 21.7. The van der Waals surface area contributed by atoms with Crippen LogP contribution in [0.5, 0.6) is 0 Å². The molecule has 0 spiro atoms. The van der Waals surface area contributed by atoms with Crippen LogP contribution in [0.1, 0.15) is 17.2 Å². The third-order valence-electron chi connectivity index (χ3n) is 3.81. The Balaban J connectivity index is 1.89. The molecule has 0 radical (unpaired) electrons. The van der Waals surface area contributed by atoms with Crippen molar-refractivity contribution >= 4 is 0 Å². The van der Waals surface area contributed by atoms with Crippen molar-refractivity contribution in [2.45, 2.75) is 12.1 Å². The van der Waals surface area contributed by atoms with E-state index in [1.54, 1.807) is 7.11 Å². The van der Waals surface area contributed by atoms with Crippen molar-refractivity contribution in [3.8, 4) is 0 Å². The van der Waals surface area contributed by atoms with E-state index in [1.807, 2.05) is 0 Å². The average molecular weight is 253 g/mol. The Bertz CT molecular complexity index is 466. The second kappa shape index (κ2) is 5.55. The van der Waals surface area contributed by atoms with Gasteiger partial charge in [0.1, 0.15) is 0 Å². The Morgan fingerprint density at radius 3 is 1.79 bits per heavy atom. The van der Waals surface area contributed by atoms with E-state index in [4.69, 9.17) is 4.74 Å². The van der Waals surface area contributed by atoms with Crippen LogP contribution in [0.3, 0.4) is 0 Å². The van der Waals surface area contributed by atoms with Gasteiger partial charge < -0.3 is 4.74 Å². The molecule has 2 nitrogen and oxygen atoms in total. The lowest BCUT2D eigenvalue weighted by Gasteiger charge is -2.44. The van der Waals surface area contributed by atoms with E-state index in [0.717, 1.165) is 13.1 Å². The number of hydrogen-bond acceptors (Lipinski definition) is 2. The molecule has 1 aliphatic rings. The summed E-state index contributed by atoms with van der Waals surface area (Å²) in [6.07, 6.45) is 0.384. The number of rotatable bonds is 4. The number of methoxy groups -OCH3 is 1. The molecule has 1 saturated heterocycles. The molecule has 1 fully saturated rings. The van der Waals surface area contributed by atoms with Crippen LogP contribution in [0.25, 0.3) is 0 Å². The zero-order valence-electron chi connectivity index (χ0n) is 11.2. The maximum atomic E-state index is 5.40. The zero-order chi connectivity index (χ0) is 13.1. The van der Waals surface area contributed by atoms with Crippen LogP contribution in [0.15, 0.2) is 60.7 Å². The van der Waals surface area contributed by atoms with Crippen molar-refractivity contribution < 1.29 is 4.74 Å². The second-order valence-electron chi connectivity index (χ2n) is 5.04. The van der Waals surface area contributed by atoms with E-state index < -0.39 is 0 Å². The van der Waals surface area contributed by atoms with Gasteiger partial charge in [-0.05, 0) is 11.1 Å². The number of likely N-dealkylation sites (tertiary alicyclic amines) is 1. The molecular weight excluding hydrogens is 234 g/mol. The van der Waals surface area contributed by atoms with Crippen molar-refractivity contribution in [1.82, 2.24) is 4.90 Å². The molecule has 98 valence electrons. The lowest BCUT2D eigenvalue weighted by molar-refractivity contribution is -0.0438. The van der Waals surface area contributed by atoms with Gasteiger partial charge in [0, 0.05) is 20.2 Å². The minimum absolute atomic E-state index is 0.341. The fraction of sp³-hybridized carbons (Fsp3) is 0.294. The van der Waals surface area contributed by atoms with Crippen LogP contribution in [0.2, 0.25) is 0 Å². The number of hydrogen-bond donors (Lipinski definition) is 0. The van der Waals surface area contributed by atoms with Gasteiger partial charge >= 0.3 is 0 Å². The highest BCUT2D eigenvalue weighted by atomic mass is 16.5. The third-order valence-corrected chi connectivity index (χ3v) is 3.81. The van der Waals surface area contributed by atoms with Gasteiger partial charge in [0.05, 0.1) is 12.1 Å². The van der Waals surface area contributed by atoms with Gasteiger partial charge in [0.25, 0.3) is 0 Å². The van der Waals surface area contributed by atoms with Crippen molar-refractivity contribution in [3.63, 3.8) is 0 Å². The lowest BCUT2D eigenvalue weighted by Crippen LogP contribution is -2.53. The Morgan fingerprint density at radius 1 is 0.895 bits per heavy atom. The second-order valence-corrected chi connectivity index (χ2v) is 5.04. The van der Waals surface area contributed by atoms with Crippen LogP contribution in [-0.4, -0.2) is 31.2 Å². The predicted molar refractivity (Wildman–Crippen MR) is 77.1 cm³/mol. The van der Waals surface area contributed by atoms with Crippen LogP contribution in [-0.2, 0) is 4.74 Å². The van der Waals surface area contributed by atoms with Crippen molar-refractivity contribution in [3.05, 3.63) is 71.8 Å². The van der Waals surface area contributed by atoms with Gasteiger partial charge in [-0.25, -0.2) is 0 Å². The van der Waals surface area contributed by atoms with Gasteiger partial charge in [-0.15, -0.1) is 0 Å². The van der Waals surface area contributed by atoms with Crippen molar-refractivity contribution in [1.29, 1.82) is 0 Å². The summed E-state index contributed by atoms with van der Waals surface area (Å²) in [5.41, 5.74) is 2.70. The highest BCUT2D eigenvalue weighted by Gasteiger charge is 2.33. The SMILES string of the molecule is COC1CN(C(c2ccccc2)c2ccccc2)C1. The first-order valence-corrected chi connectivity index (χ1v) is 6.75. The Labute approximate surface area is 114 Å². The van der Waals surface area contributed by atoms with E-state index in [-0.39, 0.29) is 0 Å². The minimum Gasteiger partial charge on any atom is -0.379 e. The first-order chi connectivity index (χ1) is 9.38. The average Bonchev–Trinajstić information content (AvgIpc) is 2.44. The van der Waals surface area contributed by atoms with Gasteiger partial charge in [0.2, 0.25) is 0 Å². The maximum Gasteiger partial charge on any atom is 0.0825 e. The van der Waals surface area contributed by atoms with E-state index in [2.05, 4.69) is 65.6 Å². The van der Waals surface area contributed by atoms with Crippen LogP contribution >= 0.6 is 0 Å². The van der Waals surface area contributed by atoms with Crippen LogP contribution < -0.4 is 0 Å². The summed E-state index contributed by atoms with van der Waals surface area (Å²) in [5, 5.41) is 0. The largest absolute Gasteiger partial charge is 0.379 e. The molecule has 2 aromatic rings. The van der Waals surface area contributed by atoms with Gasteiger partial charge in [0.15, 0.2) is 0 Å². The normalized spacial score (nSPS) is 16.5. The standard InChI is InChI=1S/C17H19NO/c1-19-16-12-18(13-16)17(14-8-4-2-5-9-14)15-10-6-3-7-11-15/h2-11,16-17H,12-13H2,1H3. The molecular formula is C17H19NO. The highest BCUT2D eigenvalue weighted by Crippen LogP contribution is 2.32. The first kappa shape index (κ1) is 12.4. The highest BCUT2D eigenvalue weighted by molar-refractivity contribution is 5.32. The fourth-order valence-corrected chi connectivity index (χ4v) is 2.71. The summed E-state index contributed by atoms with van der Waals surface area (Å²) in [5.74, 6) is 0. The lowest BCUT2D eigenvalue weighted by atomic mass is 9.94. The zero-order valence-corrected chi connectivity index (χ0v) is 11.2. The third kappa shape index (κ3) is 2.55. The van der Waals surface area contributed by atoms with Crippen LogP contribution in [0, 0.1) is 0 Å². The molecule has 1 aliphatic heterocycles. The van der Waals surface area contributed by atoms with E-state index in [9.17, 15) is 0 Å². The molecule has 1 heterocycles. The van der Waals surface area contributed by atoms with E-state index in [1.165, 1.54) is 11.1 Å². The predicted octanol–water partition coefficient (Wildman–Crippen LogP) is 3.11. The number of benzene rings is 2. The summed E-state index contributed by atoms with van der Waals surface area (Å²) in [6.45, 7) is 2.01. The van der Waals surface area contributed by atoms with E-state index >= 15 is 0 Å². The van der Waals surface area contributed by atoms with Gasteiger partial charge in [-0.1, -0.05) is 60.7 Å². The molecule has 0 saturated carbocycles. The molecule has 0 atom stereocenters. The van der Waals surface area contributed by atoms with Crippen molar-refractivity contribution in [2.75, 3.05) is 20.2 Å². The summed E-state index contributed by atoms with van der Waals surface area (Å²) >= 11 is 0. The van der Waals surface area contributed by atoms with Gasteiger partial charge in [-0.2, -0.15) is 0 Å². The molecule has 0 aliphatic carbocycles. The number of nitrogens with zero attached hydrogens (tertiary/aromatic N) is 1. The first-order valence-electron chi connectivity index (χ1n) is 6.75. The molecule has 0 N–H and O–H groups in total. The molecule has 3 rings (SSSR count). The number of ether oxygens (including phenoxy) is 1. The van der Waals surface area contributed by atoms with Crippen molar-refractivity contribution in [2.24, 2.45) is 0 Å². The molecule has 2 heteroatoms. The minimum atomic E-state index is 0.341. The topological polar surface area (TPSA) is 12.5 Å². The fourth-order valence-electron chi connectivity index (χ4n) is 2.71. The molecule has 19 heavy (non-hydrogen) atoms. The molecule has 0 bridgehead atoms. The van der Waals surface area contributed by atoms with E-state index in [0.29, 0.717) is 12.1 Å². The Kier molecular flexibility index (Phi) is 3.62. The Hall–Kier alpha value is -1.64. The van der Waals surface area contributed by atoms with Crippen LogP contribution in [0.4, 0.5) is 0 Å². The summed E-state index contributed by atoms with van der Waals surface area (Å²) in [7, 11) is 1.79. The summed E-state index contributed by atoms with van der Waals surface area (Å²) < 4.78 is 5.40. The molecule has 0 unspecified atom stereocenters.